The van der Waals surface area contributed by atoms with Crippen molar-refractivity contribution in [1.29, 1.82) is 5.26 Å². The number of nitrogens with zero attached hydrogens (tertiary/aromatic N) is 6. The molecule has 8 rings (SSSR count). The second-order valence-corrected chi connectivity index (χ2v) is 16.1. The first kappa shape index (κ1) is 59.4. The van der Waals surface area contributed by atoms with Gasteiger partial charge in [-0.3, -0.25) is 29.0 Å². The van der Waals surface area contributed by atoms with Crippen molar-refractivity contribution < 1.29 is 126 Å². The van der Waals surface area contributed by atoms with E-state index in [0.29, 0.717) is 29.5 Å². The number of nitrogens with two attached hydrogens (primary N) is 1. The zero-order chi connectivity index (χ0) is 54.6. The number of likely N-dealkylation sites (tertiary alicyclic amines) is 1. The van der Waals surface area contributed by atoms with Crippen molar-refractivity contribution in [2.24, 2.45) is 5.73 Å². The van der Waals surface area contributed by atoms with E-state index in [-0.39, 0.29) is 80.2 Å². The standard InChI is InChI=1S/C21H17F5N4O3.C20H16F5N3O2.C2HF3O2.CHNO.Na/c22-14-5-6-16(15(23)7-14)29-9-17(31)30(20(18(29)32)10-28(11-20)19(27)33)8-12-1-3-13(4-2-12)21(24,25)26;21-14-5-6-16(15(22)7-14)27-9-17(29)28(19(18(27)30)10-26-11-19)8-12-1-3-13(4-2-12)20(23,24)25;3-2(4,5)1(6)7;2-1-3;/h1-7H,8-11H2,(H2,27,33);1-7,26H,8-11H2;(H,6,7);3H;/q;;;;+1/p-1. The van der Waals surface area contributed by atoms with Crippen molar-refractivity contribution in [3.63, 3.8) is 0 Å². The number of benzene rings is 4. The Labute approximate surface area is 430 Å². The number of primary amides is 1. The number of alkyl halides is 9. The summed E-state index contributed by atoms with van der Waals surface area (Å²) in [4.78, 5) is 78.4. The van der Waals surface area contributed by atoms with E-state index in [1.165, 1.54) is 29.2 Å². The quantitative estimate of drug-likeness (QED) is 0.144. The number of nitriles is 1. The van der Waals surface area contributed by atoms with Gasteiger partial charge in [0.05, 0.1) is 35.6 Å². The van der Waals surface area contributed by atoms with Crippen LogP contribution in [0.15, 0.2) is 84.9 Å². The molecule has 4 fully saturated rings. The average molecular weight is 1070 g/mol. The Bertz CT molecular complexity index is 2800. The Kier molecular flexibility index (Phi) is 18.4. The van der Waals surface area contributed by atoms with Gasteiger partial charge in [0, 0.05) is 44.6 Å². The molecule has 30 heteroatoms. The molecule has 0 atom stereocenters. The molecule has 0 aliphatic carbocycles. The predicted octanol–water partition coefficient (Wildman–Crippen LogP) is 1.66. The van der Waals surface area contributed by atoms with Crippen LogP contribution in [0.25, 0.3) is 0 Å². The Morgan fingerprint density at radius 3 is 1.27 bits per heavy atom. The van der Waals surface area contributed by atoms with E-state index in [1.807, 2.05) is 0 Å². The van der Waals surface area contributed by atoms with Crippen molar-refractivity contribution in [2.45, 2.75) is 42.7 Å². The molecule has 4 aliphatic heterocycles. The van der Waals surface area contributed by atoms with Gasteiger partial charge in [0.2, 0.25) is 11.8 Å². The second-order valence-electron chi connectivity index (χ2n) is 16.1. The van der Waals surface area contributed by atoms with E-state index in [2.05, 4.69) is 5.32 Å². The molecule has 74 heavy (non-hydrogen) atoms. The van der Waals surface area contributed by atoms with E-state index in [1.54, 1.807) is 0 Å². The number of carboxylic acids is 1. The molecule has 0 unspecified atom stereocenters. The monoisotopic (exact) mass is 1070 g/mol. The Balaban J connectivity index is 0.000000269. The van der Waals surface area contributed by atoms with Crippen LogP contribution in [0.5, 0.6) is 0 Å². The zero-order valence-electron chi connectivity index (χ0n) is 37.7. The SMILES string of the molecule is N#C[O-].NC(=O)N1CC2(C1)C(=O)N(c1ccc(F)cc1F)CC(=O)N2Cc1ccc(C(F)(F)F)cc1.O=C(O)C(F)(F)F.O=C1CN(c2ccc(F)cc2F)C(=O)C2(CNC2)N1Cc1ccc(C(F)(F)F)cc1.[Na+]. The molecule has 4 aromatic rings. The normalized spacial score (nSPS) is 16.8. The summed E-state index contributed by atoms with van der Waals surface area (Å²) in [6.07, 6.45) is -13.6. The summed E-state index contributed by atoms with van der Waals surface area (Å²) >= 11 is 0. The zero-order valence-corrected chi connectivity index (χ0v) is 39.7. The van der Waals surface area contributed by atoms with Crippen LogP contribution in [0.2, 0.25) is 0 Å². The second kappa shape index (κ2) is 22.9. The van der Waals surface area contributed by atoms with Crippen molar-refractivity contribution in [3.05, 3.63) is 130 Å². The fourth-order valence-corrected chi connectivity index (χ4v) is 7.78. The van der Waals surface area contributed by atoms with Gasteiger partial charge >= 0.3 is 60.1 Å². The van der Waals surface area contributed by atoms with Gasteiger partial charge < -0.3 is 36.0 Å². The largest absolute Gasteiger partial charge is 1.00 e. The van der Waals surface area contributed by atoms with Gasteiger partial charge in [-0.25, -0.2) is 32.4 Å². The van der Waals surface area contributed by atoms with Crippen molar-refractivity contribution in [2.75, 3.05) is 49.1 Å². The van der Waals surface area contributed by atoms with E-state index < -0.39 is 113 Å². The molecular weight excluding hydrogens is 1040 g/mol. The minimum absolute atomic E-state index is 0. The first-order valence-electron chi connectivity index (χ1n) is 20.4. The maximum atomic E-state index is 14.4. The average Bonchev–Trinajstić information content (AvgIpc) is 3.25. The molecule has 0 radical (unpaired) electrons. The molecule has 16 nitrogen and oxygen atoms in total. The van der Waals surface area contributed by atoms with Gasteiger partial charge in [0.1, 0.15) is 41.9 Å². The van der Waals surface area contributed by atoms with Gasteiger partial charge in [-0.1, -0.05) is 24.3 Å². The van der Waals surface area contributed by atoms with Crippen LogP contribution >= 0.6 is 0 Å². The number of urea groups is 1. The number of hydrogen-bond donors (Lipinski definition) is 3. The summed E-state index contributed by atoms with van der Waals surface area (Å²) < 4.78 is 164. The minimum Gasteiger partial charge on any atom is -0.812 e. The van der Waals surface area contributed by atoms with E-state index in [0.717, 1.165) is 68.1 Å². The fraction of sp³-hybridized carbons (Fsp3) is 0.295. The van der Waals surface area contributed by atoms with Gasteiger partial charge in [0.15, 0.2) is 5.54 Å². The Morgan fingerprint density at radius 2 is 0.986 bits per heavy atom. The van der Waals surface area contributed by atoms with Crippen molar-refractivity contribution >= 4 is 47.0 Å². The number of aliphatic carboxylic acids is 1. The van der Waals surface area contributed by atoms with Crippen LogP contribution in [0.4, 0.5) is 73.2 Å². The Morgan fingerprint density at radius 1 is 0.649 bits per heavy atom. The predicted molar refractivity (Wildman–Crippen MR) is 220 cm³/mol. The number of carbonyl (C=O) groups is 6. The molecule has 4 saturated heterocycles. The van der Waals surface area contributed by atoms with Crippen molar-refractivity contribution in [3.8, 4) is 6.26 Å². The molecule has 0 saturated carbocycles. The molecule has 2 spiro atoms. The van der Waals surface area contributed by atoms with Crippen LogP contribution in [0.1, 0.15) is 22.3 Å². The van der Waals surface area contributed by atoms with Gasteiger partial charge in [-0.05, 0) is 59.7 Å². The summed E-state index contributed by atoms with van der Waals surface area (Å²) in [6, 6.07) is 12.9. The number of carbonyl (C=O) groups excluding carboxylic acids is 5. The summed E-state index contributed by atoms with van der Waals surface area (Å²) in [7, 11) is 0. The van der Waals surface area contributed by atoms with Gasteiger partial charge in [-0.15, -0.1) is 0 Å². The third-order valence-electron chi connectivity index (χ3n) is 11.4. The number of hydrogen-bond acceptors (Lipinski definition) is 9. The van der Waals surface area contributed by atoms with Crippen LogP contribution < -0.4 is 55.5 Å². The first-order valence-corrected chi connectivity index (χ1v) is 20.4. The molecule has 6 amide bonds. The fourth-order valence-electron chi connectivity index (χ4n) is 7.78. The maximum Gasteiger partial charge on any atom is 1.00 e. The number of halogens is 13. The topological polar surface area (TPSA) is 224 Å². The number of carboxylic acid groups (broad SMARTS) is 1. The molecule has 390 valence electrons. The molecule has 4 N–H and O–H groups in total. The molecular formula is C44H34F13N8NaO8. The van der Waals surface area contributed by atoms with Crippen LogP contribution in [0.3, 0.4) is 0 Å². The van der Waals surface area contributed by atoms with Crippen LogP contribution in [-0.4, -0.2) is 112 Å². The van der Waals surface area contributed by atoms with Crippen molar-refractivity contribution in [1.82, 2.24) is 20.0 Å². The smallest absolute Gasteiger partial charge is 0.812 e. The summed E-state index contributed by atoms with van der Waals surface area (Å²) in [5, 5.41) is 25.0. The molecule has 4 heterocycles. The number of piperazine rings is 2. The maximum absolute atomic E-state index is 14.4. The van der Waals surface area contributed by atoms with Crippen LogP contribution in [0, 0.1) is 34.8 Å². The van der Waals surface area contributed by atoms with Crippen LogP contribution in [-0.2, 0) is 49.4 Å². The van der Waals surface area contributed by atoms with Gasteiger partial charge in [0.25, 0.3) is 11.8 Å². The third kappa shape index (κ3) is 13.0. The molecule has 4 aromatic carbocycles. The molecule has 4 aliphatic rings. The number of rotatable bonds is 6. The van der Waals surface area contributed by atoms with E-state index >= 15 is 0 Å². The molecule has 0 aromatic heterocycles. The molecule has 0 bridgehead atoms. The number of anilines is 2. The number of nitrogens with one attached hydrogen (secondary N) is 1. The Hall–Kier alpha value is -7.16. The third-order valence-corrected chi connectivity index (χ3v) is 11.4. The van der Waals surface area contributed by atoms with E-state index in [9.17, 15) is 81.0 Å². The van der Waals surface area contributed by atoms with E-state index in [4.69, 9.17) is 26.0 Å². The summed E-state index contributed by atoms with van der Waals surface area (Å²) in [6.45, 7) is -1.60. The number of amides is 6. The summed E-state index contributed by atoms with van der Waals surface area (Å²) in [5.74, 6) is -8.79. The van der Waals surface area contributed by atoms with Gasteiger partial charge in [-0.2, -0.15) is 39.5 Å². The first-order chi connectivity index (χ1) is 33.9. The summed E-state index contributed by atoms with van der Waals surface area (Å²) in [5.41, 5.74) is 0.951. The minimum atomic E-state index is -5.08.